The van der Waals surface area contributed by atoms with Crippen molar-refractivity contribution in [1.82, 2.24) is 0 Å². The van der Waals surface area contributed by atoms with Gasteiger partial charge >= 0.3 is 0 Å². The van der Waals surface area contributed by atoms with E-state index in [0.29, 0.717) is 15.9 Å². The maximum atomic E-state index is 13.9. The molecule has 0 radical (unpaired) electrons. The molecule has 0 fully saturated rings. The van der Waals surface area contributed by atoms with Crippen LogP contribution in [0.5, 0.6) is 5.75 Å². The molecule has 106 valence electrons. The molecule has 0 aliphatic rings. The van der Waals surface area contributed by atoms with Gasteiger partial charge in [0.15, 0.2) is 0 Å². The standard InChI is InChI=1S/C14H11Br2ClFNO/c15-8-5-11(18)14(13(20)6-8)12(19)4-7-3-9(17)1-2-10(7)16/h1-3,5-6,12,20H,4,19H2/t12-/m1/s1. The van der Waals surface area contributed by atoms with Gasteiger partial charge in [-0.1, -0.05) is 43.5 Å². The molecule has 0 saturated carbocycles. The van der Waals surface area contributed by atoms with Crippen molar-refractivity contribution >= 4 is 43.5 Å². The molecule has 3 N–H and O–H groups in total. The maximum Gasteiger partial charge on any atom is 0.132 e. The minimum absolute atomic E-state index is 0.0973. The third-order valence-electron chi connectivity index (χ3n) is 2.89. The number of rotatable bonds is 3. The van der Waals surface area contributed by atoms with Crippen LogP contribution in [0.15, 0.2) is 39.3 Å². The first kappa shape index (κ1) is 15.8. The first-order valence-corrected chi connectivity index (χ1v) is 7.72. The Balaban J connectivity index is 2.33. The van der Waals surface area contributed by atoms with E-state index >= 15 is 0 Å². The van der Waals surface area contributed by atoms with E-state index in [1.54, 1.807) is 12.1 Å². The quantitative estimate of drug-likeness (QED) is 0.734. The van der Waals surface area contributed by atoms with E-state index in [1.165, 1.54) is 12.1 Å². The number of hydrogen-bond acceptors (Lipinski definition) is 2. The molecular weight excluding hydrogens is 412 g/mol. The zero-order chi connectivity index (χ0) is 14.9. The normalized spacial score (nSPS) is 12.4. The SMILES string of the molecule is N[C@H](Cc1cc(Cl)ccc1Br)c1c(O)cc(Br)cc1F. The van der Waals surface area contributed by atoms with Crippen molar-refractivity contribution in [2.24, 2.45) is 5.73 Å². The topological polar surface area (TPSA) is 46.2 Å². The lowest BCUT2D eigenvalue weighted by Crippen LogP contribution is -2.15. The molecule has 0 unspecified atom stereocenters. The lowest BCUT2D eigenvalue weighted by atomic mass is 9.98. The van der Waals surface area contributed by atoms with E-state index in [0.717, 1.165) is 10.0 Å². The van der Waals surface area contributed by atoms with Gasteiger partial charge < -0.3 is 10.8 Å². The van der Waals surface area contributed by atoms with Crippen molar-refractivity contribution in [2.75, 3.05) is 0 Å². The summed E-state index contributed by atoms with van der Waals surface area (Å²) in [5, 5.41) is 10.4. The number of phenolic OH excluding ortho intramolecular Hbond substituents is 1. The molecule has 0 saturated heterocycles. The Morgan fingerprint density at radius 1 is 1.25 bits per heavy atom. The molecular formula is C14H11Br2ClFNO. The number of halogens is 4. The number of hydrogen-bond donors (Lipinski definition) is 2. The first-order chi connectivity index (χ1) is 9.38. The van der Waals surface area contributed by atoms with Gasteiger partial charge in [-0.3, -0.25) is 0 Å². The summed E-state index contributed by atoms with van der Waals surface area (Å²) in [7, 11) is 0. The van der Waals surface area contributed by atoms with Crippen molar-refractivity contribution in [3.8, 4) is 5.75 Å². The van der Waals surface area contributed by atoms with E-state index in [1.807, 2.05) is 6.07 Å². The summed E-state index contributed by atoms with van der Waals surface area (Å²) in [6.45, 7) is 0. The van der Waals surface area contributed by atoms with Crippen molar-refractivity contribution in [2.45, 2.75) is 12.5 Å². The lowest BCUT2D eigenvalue weighted by molar-refractivity contribution is 0.448. The maximum absolute atomic E-state index is 13.9. The van der Waals surface area contributed by atoms with Crippen LogP contribution in [-0.2, 0) is 6.42 Å². The summed E-state index contributed by atoms with van der Waals surface area (Å²) >= 11 is 12.5. The third-order valence-corrected chi connectivity index (χ3v) is 4.36. The second-order valence-electron chi connectivity index (χ2n) is 4.37. The summed E-state index contributed by atoms with van der Waals surface area (Å²) in [6.07, 6.45) is 0.354. The summed E-state index contributed by atoms with van der Waals surface area (Å²) in [6, 6.07) is 7.35. The monoisotopic (exact) mass is 421 g/mol. The van der Waals surface area contributed by atoms with Gasteiger partial charge in [0.2, 0.25) is 0 Å². The molecule has 0 amide bonds. The van der Waals surface area contributed by atoms with Crippen LogP contribution in [0.4, 0.5) is 4.39 Å². The van der Waals surface area contributed by atoms with E-state index in [-0.39, 0.29) is 11.3 Å². The van der Waals surface area contributed by atoms with Gasteiger partial charge in [0.05, 0.1) is 0 Å². The predicted molar refractivity (Wildman–Crippen MR) is 85.5 cm³/mol. The van der Waals surface area contributed by atoms with Crippen LogP contribution in [0.2, 0.25) is 5.02 Å². The summed E-state index contributed by atoms with van der Waals surface area (Å²) in [5.41, 5.74) is 6.97. The molecule has 0 bridgehead atoms. The van der Waals surface area contributed by atoms with Gasteiger partial charge in [-0.15, -0.1) is 0 Å². The number of phenols is 1. The molecule has 0 aromatic heterocycles. The minimum Gasteiger partial charge on any atom is -0.507 e. The molecule has 0 aliphatic heterocycles. The second kappa shape index (κ2) is 6.43. The van der Waals surface area contributed by atoms with Crippen LogP contribution in [-0.4, -0.2) is 5.11 Å². The fraction of sp³-hybridized carbons (Fsp3) is 0.143. The Morgan fingerprint density at radius 3 is 2.60 bits per heavy atom. The molecule has 1 atom stereocenters. The average Bonchev–Trinajstić information content (AvgIpc) is 2.32. The summed E-state index contributed by atoms with van der Waals surface area (Å²) < 4.78 is 15.2. The highest BCUT2D eigenvalue weighted by Crippen LogP contribution is 2.33. The third kappa shape index (κ3) is 3.52. The van der Waals surface area contributed by atoms with Crippen molar-refractivity contribution in [3.05, 3.63) is 61.2 Å². The highest BCUT2D eigenvalue weighted by molar-refractivity contribution is 9.10. The van der Waals surface area contributed by atoms with Crippen LogP contribution >= 0.6 is 43.5 Å². The van der Waals surface area contributed by atoms with Crippen LogP contribution in [0.25, 0.3) is 0 Å². The number of benzene rings is 2. The zero-order valence-corrected chi connectivity index (χ0v) is 14.1. The van der Waals surface area contributed by atoms with Crippen molar-refractivity contribution < 1.29 is 9.50 Å². The van der Waals surface area contributed by atoms with E-state index in [9.17, 15) is 9.50 Å². The fourth-order valence-electron chi connectivity index (χ4n) is 1.98. The zero-order valence-electron chi connectivity index (χ0n) is 10.2. The van der Waals surface area contributed by atoms with E-state index < -0.39 is 11.9 Å². The van der Waals surface area contributed by atoms with E-state index in [2.05, 4.69) is 31.9 Å². The fourth-order valence-corrected chi connectivity index (χ4v) is 3.00. The Hall–Kier alpha value is -0.620. The molecule has 0 heterocycles. The molecule has 6 heteroatoms. The highest BCUT2D eigenvalue weighted by atomic mass is 79.9. The van der Waals surface area contributed by atoms with Gasteiger partial charge in [0.25, 0.3) is 0 Å². The lowest BCUT2D eigenvalue weighted by Gasteiger charge is -2.16. The molecule has 2 nitrogen and oxygen atoms in total. The molecule has 0 spiro atoms. The van der Waals surface area contributed by atoms with Gasteiger partial charge in [-0.05, 0) is 42.3 Å². The number of nitrogens with two attached hydrogens (primary N) is 1. The van der Waals surface area contributed by atoms with Crippen LogP contribution in [0, 0.1) is 5.82 Å². The minimum atomic E-state index is -0.669. The highest BCUT2D eigenvalue weighted by Gasteiger charge is 2.18. The Kier molecular flexibility index (Phi) is 5.07. The van der Waals surface area contributed by atoms with Crippen molar-refractivity contribution in [1.29, 1.82) is 0 Å². The molecule has 2 rings (SSSR count). The molecule has 2 aromatic rings. The van der Waals surface area contributed by atoms with Crippen LogP contribution in [0.3, 0.4) is 0 Å². The van der Waals surface area contributed by atoms with Gasteiger partial charge in [-0.2, -0.15) is 0 Å². The first-order valence-electron chi connectivity index (χ1n) is 5.76. The Labute approximate surface area is 138 Å². The van der Waals surface area contributed by atoms with Crippen LogP contribution in [0.1, 0.15) is 17.2 Å². The van der Waals surface area contributed by atoms with E-state index in [4.69, 9.17) is 17.3 Å². The molecule has 0 aliphatic carbocycles. The largest absolute Gasteiger partial charge is 0.507 e. The summed E-state index contributed by atoms with van der Waals surface area (Å²) in [4.78, 5) is 0. The predicted octanol–water partition coefficient (Wildman–Crippen LogP) is 4.95. The average molecular weight is 424 g/mol. The van der Waals surface area contributed by atoms with Gasteiger partial charge in [0, 0.05) is 25.6 Å². The molecule has 2 aromatic carbocycles. The smallest absolute Gasteiger partial charge is 0.132 e. The van der Waals surface area contributed by atoms with Crippen molar-refractivity contribution in [3.63, 3.8) is 0 Å². The Bertz CT molecular complexity index is 628. The molecule has 20 heavy (non-hydrogen) atoms. The van der Waals surface area contributed by atoms with Crippen LogP contribution < -0.4 is 5.73 Å². The summed E-state index contributed by atoms with van der Waals surface area (Å²) in [5.74, 6) is -0.704. The second-order valence-corrected chi connectivity index (χ2v) is 6.57. The van der Waals surface area contributed by atoms with Gasteiger partial charge in [0.1, 0.15) is 11.6 Å². The Morgan fingerprint density at radius 2 is 1.95 bits per heavy atom. The number of aromatic hydroxyl groups is 1. The van der Waals surface area contributed by atoms with Gasteiger partial charge in [-0.25, -0.2) is 4.39 Å².